The van der Waals surface area contributed by atoms with E-state index in [9.17, 15) is 17.6 Å². The number of nitrogen functional groups attached to an aromatic ring is 1. The van der Waals surface area contributed by atoms with Crippen molar-refractivity contribution < 1.29 is 17.6 Å². The number of aryl methyl sites for hydroxylation is 1. The molecule has 28 heavy (non-hydrogen) atoms. The van der Waals surface area contributed by atoms with Gasteiger partial charge in [0.25, 0.3) is 0 Å². The fraction of sp³-hybridized carbons (Fsp3) is 0.579. The van der Waals surface area contributed by atoms with Crippen molar-refractivity contribution in [3.8, 4) is 11.3 Å². The summed E-state index contributed by atoms with van der Waals surface area (Å²) < 4.78 is 54.2. The number of halogens is 4. The SMILES string of the molecule is CCCc1nc(-c2cnc(N)c(C(F)(F)F)c2)cn1C1C2CN(CCF)CC21. The molecule has 4 rings (SSSR count). The molecule has 2 unspecified atom stereocenters. The van der Waals surface area contributed by atoms with Gasteiger partial charge >= 0.3 is 6.18 Å². The fourth-order valence-corrected chi connectivity index (χ4v) is 4.38. The molecule has 9 heteroatoms. The van der Waals surface area contributed by atoms with E-state index in [-0.39, 0.29) is 6.67 Å². The van der Waals surface area contributed by atoms with Crippen LogP contribution in [0, 0.1) is 11.8 Å². The average Bonchev–Trinajstić information content (AvgIpc) is 2.96. The minimum absolute atomic E-state index is 0.294. The average molecular weight is 397 g/mol. The monoisotopic (exact) mass is 397 g/mol. The molecular formula is C19H23F4N5. The number of nitrogens with two attached hydrogens (primary N) is 1. The van der Waals surface area contributed by atoms with Crippen LogP contribution in [0.15, 0.2) is 18.5 Å². The minimum Gasteiger partial charge on any atom is -0.383 e. The van der Waals surface area contributed by atoms with Gasteiger partial charge in [-0.2, -0.15) is 13.2 Å². The molecular weight excluding hydrogens is 374 g/mol. The number of pyridine rings is 1. The minimum atomic E-state index is -4.56. The number of hydrogen-bond donors (Lipinski definition) is 1. The lowest BCUT2D eigenvalue weighted by atomic mass is 10.1. The zero-order chi connectivity index (χ0) is 20.1. The number of piperidine rings is 1. The lowest BCUT2D eigenvalue weighted by Gasteiger charge is -2.18. The molecule has 1 saturated heterocycles. The molecule has 2 N–H and O–H groups in total. The van der Waals surface area contributed by atoms with Crippen molar-refractivity contribution in [3.05, 3.63) is 29.8 Å². The van der Waals surface area contributed by atoms with Gasteiger partial charge in [0.05, 0.1) is 11.3 Å². The van der Waals surface area contributed by atoms with E-state index in [0.717, 1.165) is 37.8 Å². The number of nitrogens with zero attached hydrogens (tertiary/aromatic N) is 4. The second-order valence-corrected chi connectivity index (χ2v) is 7.62. The zero-order valence-electron chi connectivity index (χ0n) is 15.6. The third kappa shape index (κ3) is 3.36. The van der Waals surface area contributed by atoms with Crippen molar-refractivity contribution >= 4 is 5.82 Å². The van der Waals surface area contributed by atoms with Crippen LogP contribution in [0.25, 0.3) is 11.3 Å². The van der Waals surface area contributed by atoms with Gasteiger partial charge in [0, 0.05) is 50.1 Å². The standard InChI is InChI=1S/C19H23F4N5/c1-2-3-16-26-15(11-6-14(19(21,22)23)18(24)25-7-11)10-28(16)17-12-8-27(5-4-20)9-13(12)17/h6-7,10,12-13,17H,2-5,8-9H2,1H3,(H2,24,25). The summed E-state index contributed by atoms with van der Waals surface area (Å²) in [7, 11) is 0. The third-order valence-electron chi connectivity index (χ3n) is 5.75. The van der Waals surface area contributed by atoms with Gasteiger partial charge in [-0.3, -0.25) is 0 Å². The van der Waals surface area contributed by atoms with E-state index in [1.54, 1.807) is 0 Å². The lowest BCUT2D eigenvalue weighted by molar-refractivity contribution is -0.137. The summed E-state index contributed by atoms with van der Waals surface area (Å²) in [6.07, 6.45) is 0.249. The Labute approximate surface area is 160 Å². The molecule has 0 radical (unpaired) electrons. The van der Waals surface area contributed by atoms with E-state index in [0.29, 0.717) is 35.7 Å². The Bertz CT molecular complexity index is 850. The van der Waals surface area contributed by atoms with Gasteiger partial charge < -0.3 is 15.2 Å². The van der Waals surface area contributed by atoms with Crippen LogP contribution in [0.3, 0.4) is 0 Å². The van der Waals surface area contributed by atoms with E-state index in [4.69, 9.17) is 5.73 Å². The third-order valence-corrected chi connectivity index (χ3v) is 5.75. The first-order valence-corrected chi connectivity index (χ1v) is 9.52. The van der Waals surface area contributed by atoms with Gasteiger partial charge in [-0.25, -0.2) is 14.4 Å². The summed E-state index contributed by atoms with van der Waals surface area (Å²) in [5.74, 6) is 1.26. The van der Waals surface area contributed by atoms with Crippen LogP contribution in [-0.4, -0.2) is 45.7 Å². The highest BCUT2D eigenvalue weighted by Gasteiger charge is 2.57. The molecule has 152 valence electrons. The summed E-state index contributed by atoms with van der Waals surface area (Å²) in [4.78, 5) is 10.5. The van der Waals surface area contributed by atoms with E-state index < -0.39 is 17.6 Å². The molecule has 2 aliphatic rings. The van der Waals surface area contributed by atoms with Gasteiger partial charge in [0.2, 0.25) is 0 Å². The fourth-order valence-electron chi connectivity index (χ4n) is 4.38. The molecule has 3 heterocycles. The summed E-state index contributed by atoms with van der Waals surface area (Å²) in [6, 6.07) is 1.31. The highest BCUT2D eigenvalue weighted by atomic mass is 19.4. The number of fused-ring (bicyclic) bond motifs is 1. The number of rotatable bonds is 6. The maximum absolute atomic E-state index is 13.2. The molecule has 1 aliphatic heterocycles. The van der Waals surface area contributed by atoms with Gasteiger partial charge in [-0.1, -0.05) is 6.92 Å². The highest BCUT2D eigenvalue weighted by Crippen LogP contribution is 2.55. The molecule has 2 atom stereocenters. The van der Waals surface area contributed by atoms with Crippen molar-refractivity contribution in [1.82, 2.24) is 19.4 Å². The Morgan fingerprint density at radius 2 is 1.96 bits per heavy atom. The molecule has 1 saturated carbocycles. The molecule has 2 aromatic rings. The van der Waals surface area contributed by atoms with Gasteiger partial charge in [0.1, 0.15) is 18.3 Å². The highest BCUT2D eigenvalue weighted by molar-refractivity contribution is 5.62. The first-order chi connectivity index (χ1) is 13.3. The molecule has 5 nitrogen and oxygen atoms in total. The zero-order valence-corrected chi connectivity index (χ0v) is 15.6. The van der Waals surface area contributed by atoms with E-state index in [1.807, 2.05) is 13.1 Å². The number of hydrogen-bond acceptors (Lipinski definition) is 4. The summed E-state index contributed by atoms with van der Waals surface area (Å²) >= 11 is 0. The smallest absolute Gasteiger partial charge is 0.383 e. The Morgan fingerprint density at radius 3 is 2.57 bits per heavy atom. The first-order valence-electron chi connectivity index (χ1n) is 9.52. The number of imidazole rings is 1. The Balaban J connectivity index is 1.62. The van der Waals surface area contributed by atoms with Crippen LogP contribution < -0.4 is 5.73 Å². The van der Waals surface area contributed by atoms with Crippen molar-refractivity contribution in [1.29, 1.82) is 0 Å². The topological polar surface area (TPSA) is 60.0 Å². The summed E-state index contributed by atoms with van der Waals surface area (Å²) in [6.45, 7) is 3.89. The lowest BCUT2D eigenvalue weighted by Crippen LogP contribution is -2.27. The molecule has 0 aromatic carbocycles. The van der Waals surface area contributed by atoms with Crippen LogP contribution in [0.4, 0.5) is 23.4 Å². The molecule has 2 fully saturated rings. The number of likely N-dealkylation sites (tertiary alicyclic amines) is 1. The predicted molar refractivity (Wildman–Crippen MR) is 97.3 cm³/mol. The molecule has 0 bridgehead atoms. The summed E-state index contributed by atoms with van der Waals surface area (Å²) in [5.41, 5.74) is 5.25. The number of alkyl halides is 4. The van der Waals surface area contributed by atoms with Crippen molar-refractivity contribution in [3.63, 3.8) is 0 Å². The molecule has 0 spiro atoms. The second-order valence-electron chi connectivity index (χ2n) is 7.62. The number of aromatic nitrogens is 3. The normalized spacial score (nSPS) is 24.5. The van der Waals surface area contributed by atoms with E-state index in [1.165, 1.54) is 6.20 Å². The van der Waals surface area contributed by atoms with Crippen LogP contribution in [0.2, 0.25) is 0 Å². The Hall–Kier alpha value is -2.16. The molecule has 1 aliphatic carbocycles. The van der Waals surface area contributed by atoms with Gasteiger partial charge in [-0.05, 0) is 24.3 Å². The Kier molecular flexibility index (Phi) is 4.81. The summed E-state index contributed by atoms with van der Waals surface area (Å²) in [5, 5.41) is 0. The predicted octanol–water partition coefficient (Wildman–Crippen LogP) is 3.57. The molecule has 0 amide bonds. The van der Waals surface area contributed by atoms with E-state index >= 15 is 0 Å². The van der Waals surface area contributed by atoms with Crippen LogP contribution >= 0.6 is 0 Å². The Morgan fingerprint density at radius 1 is 1.25 bits per heavy atom. The quantitative estimate of drug-likeness (QED) is 0.757. The van der Waals surface area contributed by atoms with Crippen LogP contribution in [0.1, 0.15) is 30.8 Å². The van der Waals surface area contributed by atoms with Crippen LogP contribution in [-0.2, 0) is 12.6 Å². The molecule has 2 aromatic heterocycles. The van der Waals surface area contributed by atoms with Crippen molar-refractivity contribution in [2.24, 2.45) is 11.8 Å². The maximum atomic E-state index is 13.2. The van der Waals surface area contributed by atoms with Gasteiger partial charge in [-0.15, -0.1) is 0 Å². The van der Waals surface area contributed by atoms with E-state index in [2.05, 4.69) is 19.4 Å². The van der Waals surface area contributed by atoms with Gasteiger partial charge in [0.15, 0.2) is 0 Å². The number of anilines is 1. The van der Waals surface area contributed by atoms with Crippen LogP contribution in [0.5, 0.6) is 0 Å². The second kappa shape index (κ2) is 7.02. The maximum Gasteiger partial charge on any atom is 0.419 e. The van der Waals surface area contributed by atoms with Crippen molar-refractivity contribution in [2.45, 2.75) is 32.0 Å². The van der Waals surface area contributed by atoms with Crippen molar-refractivity contribution in [2.75, 3.05) is 32.0 Å². The largest absolute Gasteiger partial charge is 0.419 e. The first kappa shape index (κ1) is 19.2.